The average molecular weight is 372 g/mol. The molecule has 1 aromatic rings. The average Bonchev–Trinajstić information content (AvgIpc) is 2.93. The van der Waals surface area contributed by atoms with Crippen molar-refractivity contribution in [2.24, 2.45) is 11.8 Å². The summed E-state index contributed by atoms with van der Waals surface area (Å²) in [4.78, 5) is 51.6. The van der Waals surface area contributed by atoms with Crippen LogP contribution in [0, 0.1) is 11.8 Å². The summed E-state index contributed by atoms with van der Waals surface area (Å²) in [5, 5.41) is 0. The maximum atomic E-state index is 12.5. The molecule has 2 atom stereocenters. The molecule has 27 heavy (non-hydrogen) atoms. The first kappa shape index (κ1) is 19.1. The highest BCUT2D eigenvalue weighted by molar-refractivity contribution is 6.07. The van der Waals surface area contributed by atoms with Crippen LogP contribution in [0.15, 0.2) is 24.3 Å². The van der Waals surface area contributed by atoms with E-state index in [1.54, 1.807) is 31.3 Å². The van der Waals surface area contributed by atoms with Gasteiger partial charge in [0, 0.05) is 13.6 Å². The van der Waals surface area contributed by atoms with Crippen LogP contribution in [-0.4, -0.2) is 54.2 Å². The quantitative estimate of drug-likeness (QED) is 0.579. The number of fused-ring (bicyclic) bond motifs is 1. The second-order valence-electron chi connectivity index (χ2n) is 7.20. The van der Waals surface area contributed by atoms with Crippen LogP contribution in [0.5, 0.6) is 0 Å². The Morgan fingerprint density at radius 2 is 1.63 bits per heavy atom. The number of benzene rings is 1. The van der Waals surface area contributed by atoms with Crippen LogP contribution in [0.1, 0.15) is 41.6 Å². The number of hydrogen-bond acceptors (Lipinski definition) is 5. The van der Waals surface area contributed by atoms with Crippen LogP contribution in [0.3, 0.4) is 0 Å². The molecule has 1 aromatic carbocycles. The predicted molar refractivity (Wildman–Crippen MR) is 96.4 cm³/mol. The van der Waals surface area contributed by atoms with E-state index in [9.17, 15) is 19.2 Å². The van der Waals surface area contributed by atoms with Crippen molar-refractivity contribution in [1.82, 2.24) is 9.80 Å². The van der Waals surface area contributed by atoms with Crippen molar-refractivity contribution in [3.05, 3.63) is 35.4 Å². The lowest BCUT2D eigenvalue weighted by molar-refractivity contribution is -0.146. The van der Waals surface area contributed by atoms with Crippen molar-refractivity contribution in [3.8, 4) is 0 Å². The fraction of sp³-hybridized carbons (Fsp3) is 0.500. The van der Waals surface area contributed by atoms with E-state index in [1.807, 2.05) is 0 Å². The first-order chi connectivity index (χ1) is 12.9. The topological polar surface area (TPSA) is 84.0 Å². The van der Waals surface area contributed by atoms with E-state index in [0.29, 0.717) is 12.1 Å². The summed E-state index contributed by atoms with van der Waals surface area (Å²) < 4.78 is 4.66. The first-order valence-electron chi connectivity index (χ1n) is 9.19. The molecule has 2 aliphatic rings. The number of amides is 3. The van der Waals surface area contributed by atoms with Crippen LogP contribution >= 0.6 is 0 Å². The summed E-state index contributed by atoms with van der Waals surface area (Å²) in [5.74, 6) is -1.58. The third kappa shape index (κ3) is 3.86. The smallest absolute Gasteiger partial charge is 0.337 e. The van der Waals surface area contributed by atoms with Gasteiger partial charge in [0.05, 0.1) is 24.5 Å². The van der Waals surface area contributed by atoms with Crippen LogP contribution in [0.2, 0.25) is 0 Å². The van der Waals surface area contributed by atoms with Crippen molar-refractivity contribution in [3.63, 3.8) is 0 Å². The molecule has 2 fully saturated rings. The van der Waals surface area contributed by atoms with Gasteiger partial charge in [-0.1, -0.05) is 25.0 Å². The van der Waals surface area contributed by atoms with E-state index in [2.05, 4.69) is 4.74 Å². The van der Waals surface area contributed by atoms with Crippen LogP contribution in [0.4, 0.5) is 0 Å². The number of nitrogens with zero attached hydrogens (tertiary/aromatic N) is 2. The van der Waals surface area contributed by atoms with Gasteiger partial charge in [0.15, 0.2) is 0 Å². The summed E-state index contributed by atoms with van der Waals surface area (Å²) >= 11 is 0. The van der Waals surface area contributed by atoms with Crippen molar-refractivity contribution < 1.29 is 23.9 Å². The molecule has 3 rings (SSSR count). The molecule has 0 N–H and O–H groups in total. The number of methoxy groups -OCH3 is 1. The van der Waals surface area contributed by atoms with Gasteiger partial charge in [-0.3, -0.25) is 19.3 Å². The van der Waals surface area contributed by atoms with E-state index in [4.69, 9.17) is 0 Å². The molecule has 1 heterocycles. The Balaban J connectivity index is 1.60. The molecule has 0 bridgehead atoms. The third-order valence-electron chi connectivity index (χ3n) is 5.45. The number of ether oxygens (including phenoxy) is 1. The minimum Gasteiger partial charge on any atom is -0.465 e. The standard InChI is InChI=1S/C20H24N2O5/c1-21(11-13-7-9-14(10-8-13)20(26)27-2)17(23)12-22-18(24)15-5-3-4-6-16(15)19(22)25/h7-10,15-16H,3-6,11-12H2,1-2H3/t15-,16-/m1/s1. The minimum atomic E-state index is -0.418. The zero-order valence-electron chi connectivity index (χ0n) is 15.6. The molecule has 144 valence electrons. The van der Waals surface area contributed by atoms with Crippen LogP contribution < -0.4 is 0 Å². The first-order valence-corrected chi connectivity index (χ1v) is 9.19. The van der Waals surface area contributed by atoms with Crippen LogP contribution in [0.25, 0.3) is 0 Å². The van der Waals surface area contributed by atoms with E-state index in [1.165, 1.54) is 12.0 Å². The maximum Gasteiger partial charge on any atom is 0.337 e. The van der Waals surface area contributed by atoms with E-state index in [0.717, 1.165) is 36.1 Å². The minimum absolute atomic E-state index is 0.200. The van der Waals surface area contributed by atoms with Crippen molar-refractivity contribution in [2.45, 2.75) is 32.2 Å². The highest BCUT2D eigenvalue weighted by Crippen LogP contribution is 2.37. The lowest BCUT2D eigenvalue weighted by Gasteiger charge is -2.21. The molecule has 0 aromatic heterocycles. The Hall–Kier alpha value is -2.70. The van der Waals surface area contributed by atoms with Gasteiger partial charge in [-0.25, -0.2) is 4.79 Å². The zero-order chi connectivity index (χ0) is 19.6. The second-order valence-corrected chi connectivity index (χ2v) is 7.20. The summed E-state index contributed by atoms with van der Waals surface area (Å²) in [6, 6.07) is 6.77. The lowest BCUT2D eigenvalue weighted by atomic mass is 9.81. The monoisotopic (exact) mass is 372 g/mol. The molecule has 3 amide bonds. The molecule has 1 saturated heterocycles. The van der Waals surface area contributed by atoms with Crippen molar-refractivity contribution in [2.75, 3.05) is 20.7 Å². The number of likely N-dealkylation sites (tertiary alicyclic amines) is 1. The molecule has 1 aliphatic heterocycles. The molecule has 1 saturated carbocycles. The Morgan fingerprint density at radius 1 is 1.07 bits per heavy atom. The zero-order valence-corrected chi connectivity index (χ0v) is 15.6. The number of hydrogen-bond donors (Lipinski definition) is 0. The molecule has 0 radical (unpaired) electrons. The largest absolute Gasteiger partial charge is 0.465 e. The van der Waals surface area contributed by atoms with Gasteiger partial charge in [0.1, 0.15) is 6.54 Å². The Labute approximate surface area is 158 Å². The molecule has 7 nitrogen and oxygen atoms in total. The number of rotatable bonds is 5. The van der Waals surface area contributed by atoms with Gasteiger partial charge in [-0.05, 0) is 30.5 Å². The number of likely N-dealkylation sites (N-methyl/N-ethyl adjacent to an activating group) is 1. The van der Waals surface area contributed by atoms with Gasteiger partial charge in [0.2, 0.25) is 17.7 Å². The number of carbonyl (C=O) groups is 4. The van der Waals surface area contributed by atoms with Crippen LogP contribution in [-0.2, 0) is 25.7 Å². The third-order valence-corrected chi connectivity index (χ3v) is 5.45. The van der Waals surface area contributed by atoms with Gasteiger partial charge in [0.25, 0.3) is 0 Å². The lowest BCUT2D eigenvalue weighted by Crippen LogP contribution is -2.41. The fourth-order valence-corrected chi connectivity index (χ4v) is 3.87. The van der Waals surface area contributed by atoms with E-state index in [-0.39, 0.29) is 36.1 Å². The predicted octanol–water partition coefficient (Wildman–Crippen LogP) is 1.61. The maximum absolute atomic E-state index is 12.5. The Kier molecular flexibility index (Phi) is 5.58. The Morgan fingerprint density at radius 3 is 2.15 bits per heavy atom. The highest BCUT2D eigenvalue weighted by atomic mass is 16.5. The number of carbonyl (C=O) groups excluding carboxylic acids is 4. The molecule has 0 unspecified atom stereocenters. The summed E-state index contributed by atoms with van der Waals surface area (Å²) in [6.45, 7) is 0.116. The van der Waals surface area contributed by atoms with Gasteiger partial charge in [-0.15, -0.1) is 0 Å². The number of imide groups is 1. The summed E-state index contributed by atoms with van der Waals surface area (Å²) in [7, 11) is 2.95. The number of esters is 1. The summed E-state index contributed by atoms with van der Waals surface area (Å²) in [6.07, 6.45) is 3.40. The normalized spacial score (nSPS) is 21.8. The molecular formula is C20H24N2O5. The molecule has 0 spiro atoms. The van der Waals surface area contributed by atoms with Gasteiger partial charge >= 0.3 is 5.97 Å². The molecular weight excluding hydrogens is 348 g/mol. The molecule has 1 aliphatic carbocycles. The van der Waals surface area contributed by atoms with E-state index < -0.39 is 5.97 Å². The SMILES string of the molecule is COC(=O)c1ccc(CN(C)C(=O)CN2C(=O)[C@@H]3CCCC[C@H]3C2=O)cc1. The Bertz CT molecular complexity index is 734. The molecule has 7 heteroatoms. The second kappa shape index (κ2) is 7.90. The highest BCUT2D eigenvalue weighted by Gasteiger charge is 2.48. The van der Waals surface area contributed by atoms with Crippen molar-refractivity contribution >= 4 is 23.7 Å². The van der Waals surface area contributed by atoms with Gasteiger partial charge in [-0.2, -0.15) is 0 Å². The fourth-order valence-electron chi connectivity index (χ4n) is 3.87. The van der Waals surface area contributed by atoms with E-state index >= 15 is 0 Å². The summed E-state index contributed by atoms with van der Waals surface area (Å²) in [5.41, 5.74) is 1.28. The van der Waals surface area contributed by atoms with Crippen molar-refractivity contribution in [1.29, 1.82) is 0 Å². The van der Waals surface area contributed by atoms with Gasteiger partial charge < -0.3 is 9.64 Å².